The highest BCUT2D eigenvalue weighted by atomic mass is 16.7. The normalized spacial score (nSPS) is 20.5. The molecule has 0 spiro atoms. The Morgan fingerprint density at radius 3 is 2.48 bits per heavy atom. The molecular formula is C18H18N2O5. The highest BCUT2D eigenvalue weighted by Gasteiger charge is 2.23. The molecule has 2 aromatic rings. The Labute approximate surface area is 144 Å². The predicted octanol–water partition coefficient (Wildman–Crippen LogP) is 2.83. The number of benzene rings is 2. The number of amides is 1. The first-order valence-corrected chi connectivity index (χ1v) is 7.97. The van der Waals surface area contributed by atoms with Crippen LogP contribution < -0.4 is 5.32 Å². The van der Waals surface area contributed by atoms with Gasteiger partial charge in [-0.3, -0.25) is 14.9 Å². The fourth-order valence-electron chi connectivity index (χ4n) is 2.57. The molecule has 1 heterocycles. The fraction of sp³-hybridized carbons (Fsp3) is 0.278. The molecule has 0 bridgehead atoms. The molecule has 0 radical (unpaired) electrons. The molecule has 1 unspecified atom stereocenters. The van der Waals surface area contributed by atoms with Gasteiger partial charge in [-0.05, 0) is 30.7 Å². The lowest BCUT2D eigenvalue weighted by Gasteiger charge is -2.17. The van der Waals surface area contributed by atoms with Crippen LogP contribution >= 0.6 is 0 Å². The second-order valence-corrected chi connectivity index (χ2v) is 5.71. The zero-order valence-corrected chi connectivity index (χ0v) is 13.5. The molecule has 130 valence electrons. The lowest BCUT2D eigenvalue weighted by molar-refractivity contribution is -0.384. The van der Waals surface area contributed by atoms with Gasteiger partial charge >= 0.3 is 0 Å². The van der Waals surface area contributed by atoms with E-state index >= 15 is 0 Å². The zero-order valence-electron chi connectivity index (χ0n) is 13.5. The number of rotatable bonds is 4. The number of carbonyl (C=O) groups is 1. The van der Waals surface area contributed by atoms with Crippen LogP contribution in [0, 0.1) is 10.1 Å². The molecule has 2 aromatic carbocycles. The summed E-state index contributed by atoms with van der Waals surface area (Å²) in [6, 6.07) is 14.9. The third-order valence-corrected chi connectivity index (χ3v) is 3.93. The van der Waals surface area contributed by atoms with E-state index in [-0.39, 0.29) is 17.6 Å². The van der Waals surface area contributed by atoms with E-state index in [1.165, 1.54) is 12.1 Å². The Morgan fingerprint density at radius 2 is 1.80 bits per heavy atom. The van der Waals surface area contributed by atoms with Crippen molar-refractivity contribution in [1.82, 2.24) is 5.32 Å². The number of hydrogen-bond acceptors (Lipinski definition) is 5. The number of hydrogen-bond donors (Lipinski definition) is 1. The summed E-state index contributed by atoms with van der Waals surface area (Å²) in [5.74, 6) is -0.150. The first-order chi connectivity index (χ1) is 12.1. The topological polar surface area (TPSA) is 90.7 Å². The van der Waals surface area contributed by atoms with E-state index in [2.05, 4.69) is 5.32 Å². The maximum atomic E-state index is 12.2. The molecule has 0 aromatic heterocycles. The number of carbonyl (C=O) groups excluding carboxylic acids is 1. The maximum absolute atomic E-state index is 12.2. The van der Waals surface area contributed by atoms with E-state index in [4.69, 9.17) is 9.47 Å². The second-order valence-electron chi connectivity index (χ2n) is 5.71. The average Bonchev–Trinajstić information content (AvgIpc) is 2.88. The molecule has 25 heavy (non-hydrogen) atoms. The van der Waals surface area contributed by atoms with Gasteiger partial charge in [0.25, 0.3) is 11.6 Å². The van der Waals surface area contributed by atoms with E-state index in [0.29, 0.717) is 30.8 Å². The number of nitro groups is 1. The van der Waals surface area contributed by atoms with Gasteiger partial charge in [-0.25, -0.2) is 0 Å². The largest absolute Gasteiger partial charge is 0.348 e. The van der Waals surface area contributed by atoms with Crippen molar-refractivity contribution in [2.45, 2.75) is 18.8 Å². The van der Waals surface area contributed by atoms with Crippen molar-refractivity contribution in [1.29, 1.82) is 0 Å². The smallest absolute Gasteiger partial charge is 0.269 e. The van der Waals surface area contributed by atoms with Crippen molar-refractivity contribution in [3.8, 4) is 0 Å². The van der Waals surface area contributed by atoms with Gasteiger partial charge in [-0.1, -0.05) is 18.2 Å². The molecule has 0 saturated carbocycles. The van der Waals surface area contributed by atoms with Crippen LogP contribution in [0.4, 0.5) is 5.69 Å². The molecule has 1 saturated heterocycles. The number of nitro benzene ring substituents is 1. The molecule has 1 fully saturated rings. The molecule has 7 heteroatoms. The standard InChI is InChI=1S/C18H18N2O5/c21-17(13-4-2-1-3-5-13)19-15-10-11-24-18(25-12-15)14-6-8-16(9-7-14)20(22)23/h1-9,15,18H,10-12H2,(H,19,21)/t15-,18?/m0/s1. The van der Waals surface area contributed by atoms with Gasteiger partial charge in [-0.2, -0.15) is 0 Å². The first-order valence-electron chi connectivity index (χ1n) is 7.97. The Kier molecular flexibility index (Phi) is 5.37. The summed E-state index contributed by atoms with van der Waals surface area (Å²) in [7, 11) is 0. The van der Waals surface area contributed by atoms with Crippen LogP contribution in [0.25, 0.3) is 0 Å². The summed E-state index contributed by atoms with van der Waals surface area (Å²) in [6.07, 6.45) is 0.0293. The lowest BCUT2D eigenvalue weighted by atomic mass is 10.1. The minimum absolute atomic E-state index is 0.0189. The van der Waals surface area contributed by atoms with Crippen molar-refractivity contribution in [3.05, 3.63) is 75.8 Å². The average molecular weight is 342 g/mol. The van der Waals surface area contributed by atoms with Crippen LogP contribution in [-0.2, 0) is 9.47 Å². The molecule has 0 aliphatic carbocycles. The molecular weight excluding hydrogens is 324 g/mol. The summed E-state index contributed by atoms with van der Waals surface area (Å²) >= 11 is 0. The monoisotopic (exact) mass is 342 g/mol. The molecule has 3 rings (SSSR count). The van der Waals surface area contributed by atoms with Gasteiger partial charge in [0.15, 0.2) is 6.29 Å². The number of nitrogens with one attached hydrogen (secondary N) is 1. The molecule has 1 aliphatic rings. The first kappa shape index (κ1) is 17.1. The van der Waals surface area contributed by atoms with Crippen LogP contribution in [0.3, 0.4) is 0 Å². The summed E-state index contributed by atoms with van der Waals surface area (Å²) in [4.78, 5) is 22.5. The Bertz CT molecular complexity index is 733. The predicted molar refractivity (Wildman–Crippen MR) is 90.1 cm³/mol. The van der Waals surface area contributed by atoms with Gasteiger partial charge in [0.1, 0.15) is 0 Å². The number of non-ortho nitro benzene ring substituents is 1. The molecule has 2 atom stereocenters. The van der Waals surface area contributed by atoms with E-state index in [0.717, 1.165) is 0 Å². The lowest BCUT2D eigenvalue weighted by Crippen LogP contribution is -2.38. The molecule has 1 aliphatic heterocycles. The summed E-state index contributed by atoms with van der Waals surface area (Å²) < 4.78 is 11.4. The van der Waals surface area contributed by atoms with Gasteiger partial charge in [0.2, 0.25) is 0 Å². The van der Waals surface area contributed by atoms with Gasteiger partial charge < -0.3 is 14.8 Å². The van der Waals surface area contributed by atoms with Crippen LogP contribution in [0.2, 0.25) is 0 Å². The molecule has 1 amide bonds. The summed E-state index contributed by atoms with van der Waals surface area (Å²) in [5.41, 5.74) is 1.32. The van der Waals surface area contributed by atoms with Gasteiger partial charge in [-0.15, -0.1) is 0 Å². The van der Waals surface area contributed by atoms with Crippen molar-refractivity contribution in [2.75, 3.05) is 13.2 Å². The Hall–Kier alpha value is -2.77. The Balaban J connectivity index is 1.58. The van der Waals surface area contributed by atoms with E-state index in [9.17, 15) is 14.9 Å². The van der Waals surface area contributed by atoms with Gasteiger partial charge in [0, 0.05) is 23.3 Å². The van der Waals surface area contributed by atoms with Crippen molar-refractivity contribution in [2.24, 2.45) is 0 Å². The van der Waals surface area contributed by atoms with Crippen molar-refractivity contribution in [3.63, 3.8) is 0 Å². The quantitative estimate of drug-likeness (QED) is 0.681. The minimum atomic E-state index is -0.598. The Morgan fingerprint density at radius 1 is 1.08 bits per heavy atom. The van der Waals surface area contributed by atoms with E-state index in [1.54, 1.807) is 24.3 Å². The second kappa shape index (κ2) is 7.87. The number of ether oxygens (including phenoxy) is 2. The highest BCUT2D eigenvalue weighted by molar-refractivity contribution is 5.94. The fourth-order valence-corrected chi connectivity index (χ4v) is 2.57. The molecule has 1 N–H and O–H groups in total. The van der Waals surface area contributed by atoms with Crippen molar-refractivity contribution < 1.29 is 19.2 Å². The van der Waals surface area contributed by atoms with Crippen LogP contribution in [0.1, 0.15) is 28.6 Å². The maximum Gasteiger partial charge on any atom is 0.269 e. The third kappa shape index (κ3) is 4.40. The SMILES string of the molecule is O=C(N[C@H]1CCOC(c2ccc([N+](=O)[O-])cc2)OC1)c1ccccc1. The van der Waals surface area contributed by atoms with Crippen LogP contribution in [-0.4, -0.2) is 30.1 Å². The van der Waals surface area contributed by atoms with Crippen molar-refractivity contribution >= 4 is 11.6 Å². The summed E-state index contributed by atoms with van der Waals surface area (Å²) in [6.45, 7) is 0.724. The van der Waals surface area contributed by atoms with Gasteiger partial charge in [0.05, 0.1) is 24.2 Å². The zero-order chi connectivity index (χ0) is 17.6. The third-order valence-electron chi connectivity index (χ3n) is 3.93. The van der Waals surface area contributed by atoms with Crippen LogP contribution in [0.5, 0.6) is 0 Å². The molecule has 7 nitrogen and oxygen atoms in total. The number of nitrogens with zero attached hydrogens (tertiary/aromatic N) is 1. The van der Waals surface area contributed by atoms with E-state index in [1.807, 2.05) is 18.2 Å². The van der Waals surface area contributed by atoms with Crippen LogP contribution in [0.15, 0.2) is 54.6 Å². The van der Waals surface area contributed by atoms with E-state index < -0.39 is 11.2 Å². The highest BCUT2D eigenvalue weighted by Crippen LogP contribution is 2.24. The summed E-state index contributed by atoms with van der Waals surface area (Å²) in [5, 5.41) is 13.6. The minimum Gasteiger partial charge on any atom is -0.348 e.